The largest absolute Gasteiger partial charge is 0.397 e. The number of methoxy groups -OCH3 is 1. The van der Waals surface area contributed by atoms with E-state index in [0.29, 0.717) is 46.4 Å². The van der Waals surface area contributed by atoms with Gasteiger partial charge in [-0.15, -0.1) is 11.3 Å². The summed E-state index contributed by atoms with van der Waals surface area (Å²) >= 11 is 1.46. The lowest BCUT2D eigenvalue weighted by Gasteiger charge is -2.08. The third-order valence-electron chi connectivity index (χ3n) is 6.01. The number of nitrogens with one attached hydrogen (secondary N) is 3. The van der Waals surface area contributed by atoms with E-state index in [1.165, 1.54) is 11.3 Å². The average molecular weight is 542 g/mol. The number of rotatable bonds is 9. The van der Waals surface area contributed by atoms with E-state index in [-0.39, 0.29) is 11.8 Å². The highest BCUT2D eigenvalue weighted by atomic mass is 32.1. The number of aromatic nitrogens is 3. The Morgan fingerprint density at radius 2 is 1.82 bits per heavy atom. The number of benzene rings is 2. The number of hydrogen-bond donors (Lipinski definition) is 4. The molecular weight excluding hydrogens is 514 g/mol. The first-order chi connectivity index (χ1) is 18.9. The molecule has 2 aromatic carbocycles. The van der Waals surface area contributed by atoms with Crippen LogP contribution < -0.4 is 21.7 Å². The summed E-state index contributed by atoms with van der Waals surface area (Å²) in [6.07, 6.45) is 1.83. The Labute approximate surface area is 228 Å². The first kappa shape index (κ1) is 25.9. The van der Waals surface area contributed by atoms with Crippen LogP contribution in [0, 0.1) is 6.92 Å². The summed E-state index contributed by atoms with van der Waals surface area (Å²) in [5.74, 6) is -0.417. The molecule has 2 amide bonds. The van der Waals surface area contributed by atoms with Crippen LogP contribution in [0.15, 0.2) is 72.2 Å². The van der Waals surface area contributed by atoms with Crippen LogP contribution in [0.2, 0.25) is 0 Å². The minimum Gasteiger partial charge on any atom is -0.397 e. The fourth-order valence-electron chi connectivity index (χ4n) is 4.05. The van der Waals surface area contributed by atoms with Crippen molar-refractivity contribution in [3.8, 4) is 11.4 Å². The summed E-state index contributed by atoms with van der Waals surface area (Å²) in [6, 6.07) is 17.8. The number of anilines is 4. The maximum atomic E-state index is 12.6. The second-order valence-corrected chi connectivity index (χ2v) is 9.58. The fraction of sp³-hybridized carbons (Fsp3) is 0.143. The van der Waals surface area contributed by atoms with Crippen molar-refractivity contribution >= 4 is 51.0 Å². The van der Waals surface area contributed by atoms with Crippen LogP contribution >= 0.6 is 11.3 Å². The van der Waals surface area contributed by atoms with E-state index in [1.807, 2.05) is 47.2 Å². The summed E-state index contributed by atoms with van der Waals surface area (Å²) in [4.78, 5) is 34.4. The summed E-state index contributed by atoms with van der Waals surface area (Å²) in [6.45, 7) is 2.80. The number of nitrogen functional groups attached to an aromatic ring is 1. The van der Waals surface area contributed by atoms with Crippen molar-refractivity contribution in [3.63, 3.8) is 0 Å². The van der Waals surface area contributed by atoms with E-state index in [2.05, 4.69) is 20.9 Å². The highest BCUT2D eigenvalue weighted by Crippen LogP contribution is 2.30. The van der Waals surface area contributed by atoms with Gasteiger partial charge in [-0.05, 0) is 55.5 Å². The molecule has 5 N–H and O–H groups in total. The van der Waals surface area contributed by atoms with Gasteiger partial charge in [0.25, 0.3) is 11.8 Å². The molecule has 3 heterocycles. The third kappa shape index (κ3) is 5.74. The van der Waals surface area contributed by atoms with Gasteiger partial charge in [-0.2, -0.15) is 0 Å². The number of thiazole rings is 1. The minimum absolute atomic E-state index is 0.176. The predicted octanol–water partition coefficient (Wildman–Crippen LogP) is 4.72. The van der Waals surface area contributed by atoms with Gasteiger partial charge in [-0.1, -0.05) is 12.1 Å². The molecule has 11 heteroatoms. The number of carbonyl (C=O) groups is 2. The smallest absolute Gasteiger partial charge is 0.255 e. The zero-order valence-electron chi connectivity index (χ0n) is 21.4. The van der Waals surface area contributed by atoms with Crippen molar-refractivity contribution in [2.24, 2.45) is 0 Å². The predicted molar refractivity (Wildman–Crippen MR) is 154 cm³/mol. The molecule has 0 spiro atoms. The SMILES string of the molecule is COCCNC(=O)c1ccn2c(-c3csc(Nc4ccc(C(=O)Nc5ccccc5N)cc4)n3)c(C)nc2c1. The number of hydrogen-bond acceptors (Lipinski definition) is 8. The van der Waals surface area contributed by atoms with Gasteiger partial charge in [0.15, 0.2) is 5.13 Å². The number of carbonyl (C=O) groups excluding carboxylic acids is 2. The van der Waals surface area contributed by atoms with Crippen LogP contribution in [0.4, 0.5) is 22.2 Å². The third-order valence-corrected chi connectivity index (χ3v) is 6.77. The lowest BCUT2D eigenvalue weighted by Crippen LogP contribution is -2.26. The van der Waals surface area contributed by atoms with Crippen LogP contribution in [-0.4, -0.2) is 46.4 Å². The van der Waals surface area contributed by atoms with Crippen molar-refractivity contribution in [2.75, 3.05) is 36.6 Å². The molecule has 198 valence electrons. The highest BCUT2D eigenvalue weighted by molar-refractivity contribution is 7.14. The van der Waals surface area contributed by atoms with Gasteiger partial charge in [0.1, 0.15) is 11.3 Å². The second-order valence-electron chi connectivity index (χ2n) is 8.72. The lowest BCUT2D eigenvalue weighted by atomic mass is 10.2. The topological polar surface area (TPSA) is 136 Å². The molecule has 0 atom stereocenters. The molecule has 0 fully saturated rings. The molecule has 10 nitrogen and oxygen atoms in total. The van der Waals surface area contributed by atoms with E-state index in [4.69, 9.17) is 15.5 Å². The van der Waals surface area contributed by atoms with Gasteiger partial charge in [0, 0.05) is 42.0 Å². The summed E-state index contributed by atoms with van der Waals surface area (Å²) in [5, 5.41) is 11.6. The lowest BCUT2D eigenvalue weighted by molar-refractivity contribution is 0.0936. The number of imidazole rings is 1. The number of nitrogens with zero attached hydrogens (tertiary/aromatic N) is 3. The summed E-state index contributed by atoms with van der Waals surface area (Å²) in [5.41, 5.74) is 11.9. The van der Waals surface area contributed by atoms with Crippen LogP contribution in [0.3, 0.4) is 0 Å². The highest BCUT2D eigenvalue weighted by Gasteiger charge is 2.16. The second kappa shape index (κ2) is 11.3. The molecule has 0 aliphatic carbocycles. The van der Waals surface area contributed by atoms with Crippen LogP contribution in [0.25, 0.3) is 17.0 Å². The normalized spacial score (nSPS) is 10.9. The van der Waals surface area contributed by atoms with E-state index in [9.17, 15) is 9.59 Å². The number of aryl methyl sites for hydroxylation is 1. The molecule has 0 saturated carbocycles. The molecule has 5 aromatic rings. The van der Waals surface area contributed by atoms with Gasteiger partial charge in [0.05, 0.1) is 29.4 Å². The molecule has 3 aromatic heterocycles. The molecule has 0 aliphatic rings. The van der Waals surface area contributed by atoms with Gasteiger partial charge < -0.3 is 26.4 Å². The van der Waals surface area contributed by atoms with Gasteiger partial charge in [0.2, 0.25) is 0 Å². The monoisotopic (exact) mass is 541 g/mol. The number of fused-ring (bicyclic) bond motifs is 1. The number of ether oxygens (including phenoxy) is 1. The Balaban J connectivity index is 1.28. The van der Waals surface area contributed by atoms with Crippen LogP contribution in [0.5, 0.6) is 0 Å². The van der Waals surface area contributed by atoms with E-state index < -0.39 is 0 Å². The van der Waals surface area contributed by atoms with Crippen molar-refractivity contribution in [2.45, 2.75) is 6.92 Å². The van der Waals surface area contributed by atoms with E-state index in [1.54, 1.807) is 43.5 Å². The first-order valence-corrected chi connectivity index (χ1v) is 13.1. The zero-order chi connectivity index (χ0) is 27.4. The van der Waals surface area contributed by atoms with Gasteiger partial charge >= 0.3 is 0 Å². The Morgan fingerprint density at radius 3 is 2.59 bits per heavy atom. The van der Waals surface area contributed by atoms with E-state index in [0.717, 1.165) is 22.8 Å². The number of para-hydroxylation sites is 2. The number of nitrogens with two attached hydrogens (primary N) is 1. The molecule has 39 heavy (non-hydrogen) atoms. The number of amides is 2. The molecular formula is C28H27N7O3S. The molecule has 0 aliphatic heterocycles. The quantitative estimate of drug-likeness (QED) is 0.157. The van der Waals surface area contributed by atoms with E-state index >= 15 is 0 Å². The Hall–Kier alpha value is -4.74. The minimum atomic E-state index is -0.241. The van der Waals surface area contributed by atoms with Crippen molar-refractivity contribution in [1.82, 2.24) is 19.7 Å². The number of pyridine rings is 1. The Morgan fingerprint density at radius 1 is 1.03 bits per heavy atom. The summed E-state index contributed by atoms with van der Waals surface area (Å²) < 4.78 is 6.91. The standard InChI is InChI=1S/C28H27N7O3S/c1-17-25(35-13-11-19(15-24(35)31-17)26(36)30-12-14-38-2)23-16-39-28(34-23)32-20-9-7-18(8-10-20)27(37)33-22-6-4-3-5-21(22)29/h3-11,13,15-16H,12,14,29H2,1-2H3,(H,30,36)(H,32,34)(H,33,37). The van der Waals surface area contributed by atoms with Crippen LogP contribution in [-0.2, 0) is 4.74 Å². The van der Waals surface area contributed by atoms with Crippen molar-refractivity contribution < 1.29 is 14.3 Å². The van der Waals surface area contributed by atoms with Crippen LogP contribution in [0.1, 0.15) is 26.4 Å². The molecule has 0 saturated heterocycles. The maximum Gasteiger partial charge on any atom is 0.255 e. The Kier molecular flexibility index (Phi) is 7.53. The van der Waals surface area contributed by atoms with Crippen molar-refractivity contribution in [3.05, 3.63) is 89.1 Å². The molecule has 0 radical (unpaired) electrons. The van der Waals surface area contributed by atoms with Crippen molar-refractivity contribution in [1.29, 1.82) is 0 Å². The molecule has 5 rings (SSSR count). The molecule has 0 unspecified atom stereocenters. The summed E-state index contributed by atoms with van der Waals surface area (Å²) in [7, 11) is 1.59. The van der Waals surface area contributed by atoms with Gasteiger partial charge in [-0.25, -0.2) is 9.97 Å². The zero-order valence-corrected chi connectivity index (χ0v) is 22.2. The van der Waals surface area contributed by atoms with Gasteiger partial charge in [-0.3, -0.25) is 14.0 Å². The average Bonchev–Trinajstić information content (AvgIpc) is 3.52. The fourth-order valence-corrected chi connectivity index (χ4v) is 4.77. The maximum absolute atomic E-state index is 12.6. The Bertz CT molecular complexity index is 1640. The molecule has 0 bridgehead atoms. The first-order valence-electron chi connectivity index (χ1n) is 12.2.